The van der Waals surface area contributed by atoms with Gasteiger partial charge in [-0.25, -0.2) is 0 Å². The van der Waals surface area contributed by atoms with Crippen LogP contribution in [0.1, 0.15) is 5.56 Å². The third-order valence-corrected chi connectivity index (χ3v) is 4.63. The molecule has 0 spiro atoms. The molecule has 0 bridgehead atoms. The Balaban J connectivity index is 1.67. The smallest absolute Gasteiger partial charge is 0.325 e. The summed E-state index contributed by atoms with van der Waals surface area (Å²) in [5.74, 6) is -0.138. The van der Waals surface area contributed by atoms with Crippen LogP contribution in [0, 0.1) is 17.0 Å². The van der Waals surface area contributed by atoms with Gasteiger partial charge in [0, 0.05) is 6.07 Å². The molecule has 9 heteroatoms. The number of nitrogens with zero attached hydrogens (tertiary/aromatic N) is 3. The highest BCUT2D eigenvalue weighted by Crippen LogP contribution is 2.25. The summed E-state index contributed by atoms with van der Waals surface area (Å²) in [6.45, 7) is 1.61. The number of carbonyl (C=O) groups excluding carboxylic acids is 1. The molecule has 8 nitrogen and oxygen atoms in total. The fourth-order valence-corrected chi connectivity index (χ4v) is 3.14. The third-order valence-electron chi connectivity index (χ3n) is 3.68. The average molecular weight is 370 g/mol. The number of nitro benzene ring substituents is 1. The first kappa shape index (κ1) is 17.6. The van der Waals surface area contributed by atoms with E-state index in [1.165, 1.54) is 17.8 Å². The minimum absolute atomic E-state index is 0.0235. The van der Waals surface area contributed by atoms with Crippen LogP contribution in [0.15, 0.2) is 60.0 Å². The molecular weight excluding hydrogens is 354 g/mol. The van der Waals surface area contributed by atoms with Gasteiger partial charge in [-0.1, -0.05) is 24.3 Å². The van der Waals surface area contributed by atoms with Gasteiger partial charge in [0.25, 0.3) is 5.69 Å². The Kier molecular flexibility index (Phi) is 5.28. The zero-order valence-electron chi connectivity index (χ0n) is 13.9. The number of hydrogen-bond acceptors (Lipinski definition) is 5. The number of rotatable bonds is 6. The van der Waals surface area contributed by atoms with Crippen molar-refractivity contribution in [2.75, 3.05) is 11.1 Å². The van der Waals surface area contributed by atoms with Crippen LogP contribution in [0.3, 0.4) is 0 Å². The molecule has 1 amide bonds. The second-order valence-corrected chi connectivity index (χ2v) is 6.33. The third kappa shape index (κ3) is 3.89. The Morgan fingerprint density at radius 2 is 2.04 bits per heavy atom. The summed E-state index contributed by atoms with van der Waals surface area (Å²) in [7, 11) is 0. The van der Waals surface area contributed by atoms with Crippen molar-refractivity contribution in [3.05, 3.63) is 70.5 Å². The Labute approximate surface area is 153 Å². The molecular formula is C17H16N5O3S+. The number of nitrogens with one attached hydrogen (secondary N) is 2. The molecule has 0 aliphatic heterocycles. The molecule has 1 aromatic heterocycles. The zero-order valence-corrected chi connectivity index (χ0v) is 14.7. The number of amides is 1. The van der Waals surface area contributed by atoms with Crippen molar-refractivity contribution in [3.8, 4) is 5.69 Å². The van der Waals surface area contributed by atoms with E-state index in [4.69, 9.17) is 0 Å². The number of para-hydroxylation sites is 1. The molecule has 3 aromatic rings. The van der Waals surface area contributed by atoms with Crippen LogP contribution in [-0.2, 0) is 4.79 Å². The minimum Gasteiger partial charge on any atom is -0.325 e. The number of anilines is 1. The lowest BCUT2D eigenvalue weighted by Crippen LogP contribution is -2.35. The minimum atomic E-state index is -0.466. The Bertz CT molecular complexity index is 943. The summed E-state index contributed by atoms with van der Waals surface area (Å²) in [5.41, 5.74) is 1.74. The molecule has 0 saturated heterocycles. The Hall–Kier alpha value is -3.20. The fourth-order valence-electron chi connectivity index (χ4n) is 2.39. The van der Waals surface area contributed by atoms with E-state index in [0.29, 0.717) is 16.4 Å². The molecule has 3 rings (SSSR count). The van der Waals surface area contributed by atoms with Crippen LogP contribution in [0.2, 0.25) is 0 Å². The number of carbonyl (C=O) groups is 1. The predicted molar refractivity (Wildman–Crippen MR) is 97.3 cm³/mol. The Morgan fingerprint density at radius 3 is 2.77 bits per heavy atom. The predicted octanol–water partition coefficient (Wildman–Crippen LogP) is 2.63. The SMILES string of the molecule is Cc1c(NC(=O)CSc2nc[nH][n+]2-c2ccccc2)cccc1[N+](=O)[O-]. The number of hydrogen-bond donors (Lipinski definition) is 2. The second kappa shape index (κ2) is 7.79. The summed E-state index contributed by atoms with van der Waals surface area (Å²) in [6.07, 6.45) is 1.55. The van der Waals surface area contributed by atoms with E-state index in [2.05, 4.69) is 15.4 Å². The van der Waals surface area contributed by atoms with E-state index >= 15 is 0 Å². The summed E-state index contributed by atoms with van der Waals surface area (Å²) in [4.78, 5) is 27.0. The maximum atomic E-state index is 12.2. The van der Waals surface area contributed by atoms with Gasteiger partial charge >= 0.3 is 5.16 Å². The van der Waals surface area contributed by atoms with Gasteiger partial charge in [-0.3, -0.25) is 14.9 Å². The highest BCUT2D eigenvalue weighted by Gasteiger charge is 2.19. The first-order valence-corrected chi connectivity index (χ1v) is 8.72. The van der Waals surface area contributed by atoms with Gasteiger partial charge in [-0.05, 0) is 41.9 Å². The van der Waals surface area contributed by atoms with E-state index in [1.807, 2.05) is 30.3 Å². The quantitative estimate of drug-likeness (QED) is 0.300. The topological polar surface area (TPSA) is 105 Å². The molecule has 1 heterocycles. The number of benzene rings is 2. The van der Waals surface area contributed by atoms with Gasteiger partial charge in [0.1, 0.15) is 0 Å². The van der Waals surface area contributed by atoms with E-state index in [9.17, 15) is 14.9 Å². The molecule has 0 aliphatic carbocycles. The van der Waals surface area contributed by atoms with Gasteiger partial charge in [0.2, 0.25) is 12.2 Å². The summed E-state index contributed by atoms with van der Waals surface area (Å²) in [5, 5.41) is 17.3. The van der Waals surface area contributed by atoms with Crippen LogP contribution in [0.25, 0.3) is 5.69 Å². The molecule has 26 heavy (non-hydrogen) atoms. The Morgan fingerprint density at radius 1 is 1.27 bits per heavy atom. The maximum Gasteiger partial charge on any atom is 0.385 e. The molecule has 2 N–H and O–H groups in total. The highest BCUT2D eigenvalue weighted by atomic mass is 32.2. The lowest BCUT2D eigenvalue weighted by atomic mass is 10.1. The number of thioether (sulfide) groups is 1. The number of aromatic amines is 1. The summed E-state index contributed by atoms with van der Waals surface area (Å²) in [6, 6.07) is 14.2. The number of aromatic nitrogens is 3. The molecule has 0 radical (unpaired) electrons. The molecule has 0 atom stereocenters. The fraction of sp³-hybridized carbons (Fsp3) is 0.118. The van der Waals surface area contributed by atoms with Crippen molar-refractivity contribution in [2.45, 2.75) is 12.1 Å². The summed E-state index contributed by atoms with van der Waals surface area (Å²) >= 11 is 1.27. The lowest BCUT2D eigenvalue weighted by Gasteiger charge is -2.07. The number of H-pyrrole nitrogens is 1. The van der Waals surface area contributed by atoms with Crippen LogP contribution in [-0.4, -0.2) is 26.7 Å². The van der Waals surface area contributed by atoms with Gasteiger partial charge in [-0.2, -0.15) is 5.10 Å². The standard InChI is InChI=1S/C17H15N5O3S/c1-12-14(8-5-9-15(12)22(24)25)20-16(23)10-26-17-18-11-19-21(17)13-6-3-2-4-7-13/h2-9,11H,10H2,1H3,(H,20,23)/p+1. The van der Waals surface area contributed by atoms with Gasteiger partial charge in [0.05, 0.1) is 21.9 Å². The number of nitro groups is 1. The van der Waals surface area contributed by atoms with Gasteiger partial charge in [-0.15, -0.1) is 4.68 Å². The zero-order chi connectivity index (χ0) is 18.5. The van der Waals surface area contributed by atoms with Crippen molar-refractivity contribution < 1.29 is 14.4 Å². The second-order valence-electron chi connectivity index (χ2n) is 5.38. The van der Waals surface area contributed by atoms with Crippen molar-refractivity contribution in [2.24, 2.45) is 0 Å². The van der Waals surface area contributed by atoms with Crippen LogP contribution in [0.4, 0.5) is 11.4 Å². The van der Waals surface area contributed by atoms with Crippen molar-refractivity contribution in [3.63, 3.8) is 0 Å². The average Bonchev–Trinajstić information content (AvgIpc) is 3.11. The van der Waals surface area contributed by atoms with Crippen LogP contribution >= 0.6 is 11.8 Å². The molecule has 0 fully saturated rings. The molecule has 2 aromatic carbocycles. The normalized spacial score (nSPS) is 10.5. The van der Waals surface area contributed by atoms with E-state index in [0.717, 1.165) is 5.69 Å². The van der Waals surface area contributed by atoms with Crippen LogP contribution < -0.4 is 10.00 Å². The highest BCUT2D eigenvalue weighted by molar-refractivity contribution is 7.99. The summed E-state index contributed by atoms with van der Waals surface area (Å²) < 4.78 is 1.77. The molecule has 0 unspecified atom stereocenters. The van der Waals surface area contributed by atoms with Crippen molar-refractivity contribution in [1.82, 2.24) is 10.1 Å². The molecule has 0 aliphatic rings. The lowest BCUT2D eigenvalue weighted by molar-refractivity contribution is -0.694. The van der Waals surface area contributed by atoms with Gasteiger partial charge in [0.15, 0.2) is 5.69 Å². The van der Waals surface area contributed by atoms with Crippen molar-refractivity contribution in [1.29, 1.82) is 0 Å². The van der Waals surface area contributed by atoms with Crippen molar-refractivity contribution >= 4 is 29.0 Å². The van der Waals surface area contributed by atoms with Crippen LogP contribution in [0.5, 0.6) is 0 Å². The van der Waals surface area contributed by atoms with E-state index in [1.54, 1.807) is 30.1 Å². The first-order chi connectivity index (χ1) is 12.6. The van der Waals surface area contributed by atoms with E-state index in [-0.39, 0.29) is 17.3 Å². The largest absolute Gasteiger partial charge is 0.385 e. The first-order valence-electron chi connectivity index (χ1n) is 7.74. The molecule has 0 saturated carbocycles. The monoisotopic (exact) mass is 370 g/mol. The van der Waals surface area contributed by atoms with Gasteiger partial charge < -0.3 is 5.32 Å². The van der Waals surface area contributed by atoms with E-state index < -0.39 is 4.92 Å². The maximum absolute atomic E-state index is 12.2. The molecule has 132 valence electrons.